The normalized spacial score (nSPS) is 12.6. The highest BCUT2D eigenvalue weighted by atomic mass is 79.9. The molecule has 1 aromatic heterocycles. The maximum absolute atomic E-state index is 3.92. The Labute approximate surface area is 103 Å². The molecule has 0 spiro atoms. The number of halogens is 1. The maximum Gasteiger partial charge on any atom is 0.0532 e. The van der Waals surface area contributed by atoms with E-state index in [0.29, 0.717) is 6.04 Å². The summed E-state index contributed by atoms with van der Waals surface area (Å²) in [6.45, 7) is 2.97. The van der Waals surface area contributed by atoms with Gasteiger partial charge in [0.1, 0.15) is 0 Å². The number of aromatic amines is 1. The summed E-state index contributed by atoms with van der Waals surface area (Å²) in [5.41, 5.74) is 2.44. The van der Waals surface area contributed by atoms with Crippen molar-refractivity contribution in [3.05, 3.63) is 52.3 Å². The van der Waals surface area contributed by atoms with Crippen molar-refractivity contribution in [3.63, 3.8) is 0 Å². The first-order chi connectivity index (χ1) is 7.77. The first-order valence-corrected chi connectivity index (χ1v) is 6.02. The molecule has 0 aliphatic rings. The Balaban J connectivity index is 1.98. The van der Waals surface area contributed by atoms with Crippen LogP contribution in [-0.2, 0) is 6.54 Å². The molecule has 1 heterocycles. The van der Waals surface area contributed by atoms with Crippen molar-refractivity contribution in [2.24, 2.45) is 0 Å². The summed E-state index contributed by atoms with van der Waals surface area (Å²) in [4.78, 5) is 0. The van der Waals surface area contributed by atoms with Crippen molar-refractivity contribution in [3.8, 4) is 0 Å². The molecule has 2 aromatic rings. The lowest BCUT2D eigenvalue weighted by molar-refractivity contribution is 0.573. The third-order valence-corrected chi connectivity index (χ3v) is 3.26. The third kappa shape index (κ3) is 2.71. The number of nitrogens with one attached hydrogen (secondary N) is 2. The predicted octanol–water partition coefficient (Wildman–Crippen LogP) is 3.02. The first kappa shape index (κ1) is 11.4. The van der Waals surface area contributed by atoms with Crippen LogP contribution in [0.1, 0.15) is 24.1 Å². The van der Waals surface area contributed by atoms with Gasteiger partial charge in [0.05, 0.1) is 6.20 Å². The third-order valence-electron chi connectivity index (χ3n) is 2.54. The molecule has 2 rings (SSSR count). The Kier molecular flexibility index (Phi) is 3.74. The molecule has 4 heteroatoms. The van der Waals surface area contributed by atoms with Crippen LogP contribution in [0.5, 0.6) is 0 Å². The standard InChI is InChI=1S/C12H14BrN3/c1-9(11-4-2-3-5-12(11)13)14-6-10-7-15-16-8-10/h2-5,7-9,14H,6H2,1H3,(H,15,16). The highest BCUT2D eigenvalue weighted by Gasteiger charge is 2.07. The van der Waals surface area contributed by atoms with Crippen LogP contribution in [0, 0.1) is 0 Å². The van der Waals surface area contributed by atoms with Crippen LogP contribution >= 0.6 is 15.9 Å². The van der Waals surface area contributed by atoms with Crippen molar-refractivity contribution in [1.29, 1.82) is 0 Å². The zero-order valence-corrected chi connectivity index (χ0v) is 10.7. The zero-order valence-electron chi connectivity index (χ0n) is 9.07. The van der Waals surface area contributed by atoms with Crippen molar-refractivity contribution < 1.29 is 0 Å². The van der Waals surface area contributed by atoms with E-state index in [0.717, 1.165) is 11.0 Å². The fourth-order valence-electron chi connectivity index (χ4n) is 1.58. The van der Waals surface area contributed by atoms with E-state index in [1.54, 1.807) is 0 Å². The quantitative estimate of drug-likeness (QED) is 0.903. The van der Waals surface area contributed by atoms with Crippen LogP contribution in [0.15, 0.2) is 41.1 Å². The number of rotatable bonds is 4. The van der Waals surface area contributed by atoms with E-state index < -0.39 is 0 Å². The number of hydrogen-bond donors (Lipinski definition) is 2. The van der Waals surface area contributed by atoms with Crippen LogP contribution in [0.3, 0.4) is 0 Å². The number of H-pyrrole nitrogens is 1. The molecule has 3 nitrogen and oxygen atoms in total. The lowest BCUT2D eigenvalue weighted by Crippen LogP contribution is -2.18. The van der Waals surface area contributed by atoms with Crippen LogP contribution < -0.4 is 5.32 Å². The van der Waals surface area contributed by atoms with Gasteiger partial charge in [-0.1, -0.05) is 34.1 Å². The van der Waals surface area contributed by atoms with Gasteiger partial charge in [0.2, 0.25) is 0 Å². The fraction of sp³-hybridized carbons (Fsp3) is 0.250. The second-order valence-corrected chi connectivity index (χ2v) is 4.58. The Bertz CT molecular complexity index is 439. The molecule has 1 aromatic carbocycles. The minimum Gasteiger partial charge on any atom is -0.306 e. The van der Waals surface area contributed by atoms with Gasteiger partial charge in [0.25, 0.3) is 0 Å². The van der Waals surface area contributed by atoms with Gasteiger partial charge in [-0.25, -0.2) is 0 Å². The molecule has 0 saturated carbocycles. The summed E-state index contributed by atoms with van der Waals surface area (Å²) in [5, 5.41) is 10.2. The molecule has 1 atom stereocenters. The minimum absolute atomic E-state index is 0.311. The fourth-order valence-corrected chi connectivity index (χ4v) is 2.21. The second-order valence-electron chi connectivity index (χ2n) is 3.73. The summed E-state index contributed by atoms with van der Waals surface area (Å²) in [6, 6.07) is 8.57. The van der Waals surface area contributed by atoms with E-state index in [4.69, 9.17) is 0 Å². The highest BCUT2D eigenvalue weighted by Crippen LogP contribution is 2.22. The van der Waals surface area contributed by atoms with E-state index in [1.165, 1.54) is 11.1 Å². The Hall–Kier alpha value is -1.13. The van der Waals surface area contributed by atoms with Gasteiger partial charge < -0.3 is 5.32 Å². The molecule has 16 heavy (non-hydrogen) atoms. The van der Waals surface area contributed by atoms with Gasteiger partial charge in [-0.2, -0.15) is 5.10 Å². The van der Waals surface area contributed by atoms with Gasteiger partial charge in [-0.05, 0) is 18.6 Å². The topological polar surface area (TPSA) is 40.7 Å². The van der Waals surface area contributed by atoms with E-state index in [2.05, 4.69) is 56.6 Å². The summed E-state index contributed by atoms with van der Waals surface area (Å²) in [7, 11) is 0. The van der Waals surface area contributed by atoms with Crippen LogP contribution in [-0.4, -0.2) is 10.2 Å². The Morgan fingerprint density at radius 2 is 2.25 bits per heavy atom. The molecule has 0 saturated heterocycles. The molecular weight excluding hydrogens is 266 g/mol. The zero-order chi connectivity index (χ0) is 11.4. The second kappa shape index (κ2) is 5.27. The summed E-state index contributed by atoms with van der Waals surface area (Å²) >= 11 is 3.56. The number of hydrogen-bond acceptors (Lipinski definition) is 2. The summed E-state index contributed by atoms with van der Waals surface area (Å²) in [6.07, 6.45) is 3.74. The molecular formula is C12H14BrN3. The Morgan fingerprint density at radius 3 is 2.94 bits per heavy atom. The van der Waals surface area contributed by atoms with Crippen LogP contribution in [0.2, 0.25) is 0 Å². The SMILES string of the molecule is CC(NCc1cn[nH]c1)c1ccccc1Br. The van der Waals surface area contributed by atoms with Gasteiger partial charge in [0, 0.05) is 28.8 Å². The van der Waals surface area contributed by atoms with Crippen molar-refractivity contribution >= 4 is 15.9 Å². The molecule has 2 N–H and O–H groups in total. The van der Waals surface area contributed by atoms with Gasteiger partial charge in [0.15, 0.2) is 0 Å². The van der Waals surface area contributed by atoms with E-state index in [1.807, 2.05) is 18.5 Å². The van der Waals surface area contributed by atoms with Crippen LogP contribution in [0.25, 0.3) is 0 Å². The van der Waals surface area contributed by atoms with E-state index >= 15 is 0 Å². The minimum atomic E-state index is 0.311. The number of aromatic nitrogens is 2. The highest BCUT2D eigenvalue weighted by molar-refractivity contribution is 9.10. The largest absolute Gasteiger partial charge is 0.306 e. The molecule has 1 unspecified atom stereocenters. The number of nitrogens with zero attached hydrogens (tertiary/aromatic N) is 1. The summed E-state index contributed by atoms with van der Waals surface area (Å²) in [5.74, 6) is 0. The maximum atomic E-state index is 3.92. The van der Waals surface area contributed by atoms with Crippen molar-refractivity contribution in [2.75, 3.05) is 0 Å². The van der Waals surface area contributed by atoms with Crippen molar-refractivity contribution in [1.82, 2.24) is 15.5 Å². The average Bonchev–Trinajstić information content (AvgIpc) is 2.79. The molecule has 0 fully saturated rings. The monoisotopic (exact) mass is 279 g/mol. The van der Waals surface area contributed by atoms with Gasteiger partial charge in [-0.15, -0.1) is 0 Å². The Morgan fingerprint density at radius 1 is 1.44 bits per heavy atom. The summed E-state index contributed by atoms with van der Waals surface area (Å²) < 4.78 is 1.14. The van der Waals surface area contributed by atoms with E-state index in [9.17, 15) is 0 Å². The number of benzene rings is 1. The lowest BCUT2D eigenvalue weighted by Gasteiger charge is -2.15. The van der Waals surface area contributed by atoms with Crippen molar-refractivity contribution in [2.45, 2.75) is 19.5 Å². The molecule has 0 radical (unpaired) electrons. The van der Waals surface area contributed by atoms with Gasteiger partial charge in [-0.3, -0.25) is 5.10 Å². The lowest BCUT2D eigenvalue weighted by atomic mass is 10.1. The molecule has 0 bridgehead atoms. The molecule has 0 aliphatic heterocycles. The van der Waals surface area contributed by atoms with Gasteiger partial charge >= 0.3 is 0 Å². The van der Waals surface area contributed by atoms with Crippen LogP contribution in [0.4, 0.5) is 0 Å². The molecule has 0 amide bonds. The smallest absolute Gasteiger partial charge is 0.0532 e. The van der Waals surface area contributed by atoms with E-state index in [-0.39, 0.29) is 0 Å². The molecule has 0 aliphatic carbocycles. The first-order valence-electron chi connectivity index (χ1n) is 5.23. The predicted molar refractivity (Wildman–Crippen MR) is 68.0 cm³/mol. The molecule has 84 valence electrons. The average molecular weight is 280 g/mol.